The van der Waals surface area contributed by atoms with Crippen molar-refractivity contribution >= 4 is 34.9 Å². The molecule has 2 aliphatic rings. The van der Waals surface area contributed by atoms with E-state index >= 15 is 0 Å². The van der Waals surface area contributed by atoms with Crippen LogP contribution in [0.2, 0.25) is 10.0 Å². The molecule has 4 rings (SSSR count). The van der Waals surface area contributed by atoms with Gasteiger partial charge in [0.1, 0.15) is 23.6 Å². The van der Waals surface area contributed by atoms with Crippen LogP contribution >= 0.6 is 23.2 Å². The summed E-state index contributed by atoms with van der Waals surface area (Å²) in [7, 11) is 0. The lowest BCUT2D eigenvalue weighted by atomic mass is 9.97. The van der Waals surface area contributed by atoms with Crippen LogP contribution in [0.25, 0.3) is 0 Å². The first-order chi connectivity index (χ1) is 17.3. The molecule has 2 fully saturated rings. The standard InChI is InChI=1S/C26H34Cl2FN5O2/c1-3-21-17-32(26-23(28)13-19(16-34(26)36)25(35)30-4-2)11-12-33(21)22-7-9-31(10-8-22)15-18-5-6-20(27)14-24(18)29/h5-6,13-14,16,21-22H,3-4,7-12,15,17H2,1-2H3,(H,30,35)/t21-/m0/s1. The molecular formula is C26H34Cl2FN5O2. The molecule has 196 valence electrons. The number of amides is 1. The summed E-state index contributed by atoms with van der Waals surface area (Å²) in [5.74, 6) is -0.153. The molecule has 0 saturated carbocycles. The van der Waals surface area contributed by atoms with Crippen molar-refractivity contribution in [2.45, 2.75) is 51.7 Å². The number of hydrogen-bond donors (Lipinski definition) is 1. The van der Waals surface area contributed by atoms with Gasteiger partial charge in [-0.1, -0.05) is 36.2 Å². The van der Waals surface area contributed by atoms with Crippen LogP contribution < -0.4 is 14.9 Å². The van der Waals surface area contributed by atoms with Crippen LogP contribution in [-0.4, -0.2) is 67.1 Å². The number of piperazine rings is 1. The second-order valence-electron chi connectivity index (χ2n) is 9.57. The van der Waals surface area contributed by atoms with E-state index in [-0.39, 0.29) is 17.3 Å². The number of anilines is 1. The summed E-state index contributed by atoms with van der Waals surface area (Å²) in [6.07, 6.45) is 4.31. The van der Waals surface area contributed by atoms with E-state index in [2.05, 4.69) is 22.0 Å². The number of likely N-dealkylation sites (tertiary alicyclic amines) is 1. The number of carbonyl (C=O) groups excluding carboxylic acids is 1. The van der Waals surface area contributed by atoms with Gasteiger partial charge in [0.2, 0.25) is 0 Å². The van der Waals surface area contributed by atoms with Gasteiger partial charge in [-0.15, -0.1) is 0 Å². The summed E-state index contributed by atoms with van der Waals surface area (Å²) in [6.45, 7) is 9.13. The number of nitrogens with one attached hydrogen (secondary N) is 1. The molecule has 0 unspecified atom stereocenters. The fourth-order valence-corrected chi connectivity index (χ4v) is 5.89. The molecular weight excluding hydrogens is 504 g/mol. The highest BCUT2D eigenvalue weighted by Crippen LogP contribution is 2.29. The normalized spacial score (nSPS) is 20.0. The van der Waals surface area contributed by atoms with Crippen molar-refractivity contribution in [3.05, 3.63) is 62.7 Å². The summed E-state index contributed by atoms with van der Waals surface area (Å²) in [6, 6.07) is 7.21. The first-order valence-corrected chi connectivity index (χ1v) is 13.4. The Morgan fingerprint density at radius 2 is 1.92 bits per heavy atom. The SMILES string of the molecule is CCNC(=O)c1cc(Cl)c(N2CCN(C3CCN(Cc4ccc(Cl)cc4F)CC3)[C@@H](CC)C2)[n+]([O-])c1. The Kier molecular flexibility index (Phi) is 8.93. The van der Waals surface area contributed by atoms with Gasteiger partial charge in [-0.2, -0.15) is 0 Å². The summed E-state index contributed by atoms with van der Waals surface area (Å²) >= 11 is 12.4. The first kappa shape index (κ1) is 26.9. The minimum Gasteiger partial charge on any atom is -0.711 e. The molecule has 2 aromatic rings. The van der Waals surface area contributed by atoms with Crippen LogP contribution in [0.4, 0.5) is 10.2 Å². The minimum absolute atomic E-state index is 0.250. The Labute approximate surface area is 222 Å². The topological polar surface area (TPSA) is 65.8 Å². The highest BCUT2D eigenvalue weighted by molar-refractivity contribution is 6.33. The second-order valence-corrected chi connectivity index (χ2v) is 10.4. The van der Waals surface area contributed by atoms with E-state index < -0.39 is 0 Å². The number of halogens is 3. The van der Waals surface area contributed by atoms with Gasteiger partial charge in [-0.3, -0.25) is 19.5 Å². The third-order valence-corrected chi connectivity index (χ3v) is 7.81. The molecule has 36 heavy (non-hydrogen) atoms. The molecule has 0 spiro atoms. The van der Waals surface area contributed by atoms with E-state index in [1.165, 1.54) is 12.3 Å². The fourth-order valence-electron chi connectivity index (χ4n) is 5.41. The lowest BCUT2D eigenvalue weighted by Gasteiger charge is -2.45. The largest absolute Gasteiger partial charge is 0.711 e. The summed E-state index contributed by atoms with van der Waals surface area (Å²) in [4.78, 5) is 19.1. The van der Waals surface area contributed by atoms with Crippen LogP contribution in [0, 0.1) is 11.0 Å². The molecule has 1 atom stereocenters. The van der Waals surface area contributed by atoms with Crippen LogP contribution in [-0.2, 0) is 6.54 Å². The quantitative estimate of drug-likeness (QED) is 0.425. The van der Waals surface area contributed by atoms with Crippen molar-refractivity contribution in [2.24, 2.45) is 0 Å². The van der Waals surface area contributed by atoms with Crippen LogP contribution in [0.3, 0.4) is 0 Å². The predicted octanol–water partition coefficient (Wildman–Crippen LogP) is 4.08. The molecule has 1 aromatic carbocycles. The number of carbonyl (C=O) groups is 1. The average molecular weight is 538 g/mol. The maximum absolute atomic E-state index is 14.2. The van der Waals surface area contributed by atoms with Gasteiger partial charge in [0.15, 0.2) is 0 Å². The van der Waals surface area contributed by atoms with E-state index in [4.69, 9.17) is 23.2 Å². The number of piperidine rings is 1. The number of hydrogen-bond acceptors (Lipinski definition) is 5. The Morgan fingerprint density at radius 3 is 2.56 bits per heavy atom. The molecule has 7 nitrogen and oxygen atoms in total. The maximum Gasteiger partial charge on any atom is 0.298 e. The lowest BCUT2D eigenvalue weighted by molar-refractivity contribution is -0.592. The van der Waals surface area contributed by atoms with Gasteiger partial charge in [0.05, 0.1) is 12.1 Å². The fraction of sp³-hybridized carbons (Fsp3) is 0.538. The zero-order valence-electron chi connectivity index (χ0n) is 20.9. The van der Waals surface area contributed by atoms with E-state index in [0.29, 0.717) is 59.7 Å². The molecule has 2 saturated heterocycles. The minimum atomic E-state index is -0.308. The van der Waals surface area contributed by atoms with Gasteiger partial charge in [-0.05, 0) is 57.5 Å². The van der Waals surface area contributed by atoms with Gasteiger partial charge < -0.3 is 10.5 Å². The predicted molar refractivity (Wildman–Crippen MR) is 141 cm³/mol. The second kappa shape index (κ2) is 11.9. The molecule has 0 aliphatic carbocycles. The van der Waals surface area contributed by atoms with Crippen LogP contribution in [0.15, 0.2) is 30.5 Å². The van der Waals surface area contributed by atoms with Gasteiger partial charge in [0, 0.05) is 42.3 Å². The Morgan fingerprint density at radius 1 is 1.17 bits per heavy atom. The number of pyridine rings is 1. The lowest BCUT2D eigenvalue weighted by Crippen LogP contribution is -2.59. The van der Waals surface area contributed by atoms with Crippen molar-refractivity contribution in [2.75, 3.05) is 44.2 Å². The van der Waals surface area contributed by atoms with E-state index in [1.807, 2.05) is 11.8 Å². The molecule has 3 heterocycles. The third kappa shape index (κ3) is 6.05. The third-order valence-electron chi connectivity index (χ3n) is 7.29. The zero-order chi connectivity index (χ0) is 25.8. The zero-order valence-corrected chi connectivity index (χ0v) is 22.4. The Bertz CT molecular complexity index is 1060. The highest BCUT2D eigenvalue weighted by Gasteiger charge is 2.37. The van der Waals surface area contributed by atoms with Crippen molar-refractivity contribution in [3.8, 4) is 0 Å². The summed E-state index contributed by atoms with van der Waals surface area (Å²) in [5, 5.41) is 16.2. The molecule has 1 amide bonds. The molecule has 0 bridgehead atoms. The number of benzene rings is 1. The smallest absolute Gasteiger partial charge is 0.298 e. The van der Waals surface area contributed by atoms with Crippen molar-refractivity contribution < 1.29 is 13.9 Å². The van der Waals surface area contributed by atoms with Crippen molar-refractivity contribution in [1.82, 2.24) is 15.1 Å². The van der Waals surface area contributed by atoms with Gasteiger partial charge >= 0.3 is 0 Å². The van der Waals surface area contributed by atoms with E-state index in [1.54, 1.807) is 18.2 Å². The number of nitrogens with zero attached hydrogens (tertiary/aromatic N) is 4. The monoisotopic (exact) mass is 537 g/mol. The summed E-state index contributed by atoms with van der Waals surface area (Å²) < 4.78 is 14.9. The van der Waals surface area contributed by atoms with Crippen molar-refractivity contribution in [3.63, 3.8) is 0 Å². The first-order valence-electron chi connectivity index (χ1n) is 12.7. The number of rotatable bonds is 7. The Balaban J connectivity index is 1.37. The van der Waals surface area contributed by atoms with Crippen LogP contribution in [0.5, 0.6) is 0 Å². The molecule has 2 aliphatic heterocycles. The summed E-state index contributed by atoms with van der Waals surface area (Å²) in [5.41, 5.74) is 0.940. The highest BCUT2D eigenvalue weighted by atomic mass is 35.5. The average Bonchev–Trinajstić information content (AvgIpc) is 2.86. The van der Waals surface area contributed by atoms with Crippen LogP contribution in [0.1, 0.15) is 49.0 Å². The molecule has 1 aromatic heterocycles. The molecule has 1 N–H and O–H groups in total. The molecule has 0 radical (unpaired) electrons. The van der Waals surface area contributed by atoms with Gasteiger partial charge in [0.25, 0.3) is 11.7 Å². The van der Waals surface area contributed by atoms with E-state index in [0.717, 1.165) is 43.6 Å². The Hall–Kier alpha value is -2.13. The number of aromatic nitrogens is 1. The van der Waals surface area contributed by atoms with Crippen molar-refractivity contribution in [1.29, 1.82) is 0 Å². The molecule has 10 heteroatoms. The van der Waals surface area contributed by atoms with E-state index in [9.17, 15) is 14.4 Å². The maximum atomic E-state index is 14.2. The van der Waals surface area contributed by atoms with Gasteiger partial charge in [-0.25, -0.2) is 9.12 Å².